The predicted octanol–water partition coefficient (Wildman–Crippen LogP) is 4.79. The molecule has 0 aliphatic carbocycles. The van der Waals surface area contributed by atoms with E-state index in [1.54, 1.807) is 34.6 Å². The summed E-state index contributed by atoms with van der Waals surface area (Å²) in [5, 5.41) is 69.6. The lowest BCUT2D eigenvalue weighted by Gasteiger charge is -2.48. The van der Waals surface area contributed by atoms with Crippen molar-refractivity contribution in [2.45, 2.75) is 205 Å². The number of cyclic esters (lactones) is 1. The molecule has 18 nitrogen and oxygen atoms in total. The SMILES string of the molecule is CC[C@H]1OC(=O)[C@H](C)[C@@H](O[C@H]2C[C@@](C)(OC)[C@@H](O)[C@H](C)O2)[C@H](C)[C@@H](O[C@@H]2O[C@H](C)C[C@H](N(C)C)[C@H]2O)[C@](C)(O)C[C@@H](C)CN(Cc2ccc(-c3cn(CCN4CCc5ccccc54)nn3)cc2)[C@H](C)[C@@H](O)[C@]1(C)O. The Morgan fingerprint density at radius 2 is 1.59 bits per heavy atom. The summed E-state index contributed by atoms with van der Waals surface area (Å²) in [6.45, 7) is 21.0. The van der Waals surface area contributed by atoms with Crippen molar-refractivity contribution in [1.82, 2.24) is 24.8 Å². The molecule has 0 amide bonds. The second kappa shape index (κ2) is 23.9. The number of ether oxygens (including phenoxy) is 6. The van der Waals surface area contributed by atoms with Gasteiger partial charge in [-0.25, -0.2) is 0 Å². The monoisotopic (exact) mass is 1040 g/mol. The maximum Gasteiger partial charge on any atom is 0.311 e. The first-order valence-electron chi connectivity index (χ1n) is 27.0. The number of anilines is 1. The fourth-order valence-electron chi connectivity index (χ4n) is 12.2. The molecule has 18 atom stereocenters. The lowest BCUT2D eigenvalue weighted by molar-refractivity contribution is -0.318. The number of nitrogens with zero attached hydrogens (tertiary/aromatic N) is 6. The summed E-state index contributed by atoms with van der Waals surface area (Å²) in [6, 6.07) is 15.6. The van der Waals surface area contributed by atoms with Crippen molar-refractivity contribution in [3.05, 3.63) is 65.9 Å². The minimum absolute atomic E-state index is 0.108. The van der Waals surface area contributed by atoms with Gasteiger partial charge >= 0.3 is 5.97 Å². The Bertz CT molecular complexity index is 2280. The molecule has 0 radical (unpaired) electrons. The zero-order valence-corrected chi connectivity index (χ0v) is 46.2. The third-order valence-electron chi connectivity index (χ3n) is 16.8. The van der Waals surface area contributed by atoms with Gasteiger partial charge in [0.1, 0.15) is 35.7 Å². The zero-order valence-electron chi connectivity index (χ0n) is 46.2. The molecule has 3 aromatic rings. The second-order valence-corrected chi connectivity index (χ2v) is 23.1. The molecule has 74 heavy (non-hydrogen) atoms. The third-order valence-corrected chi connectivity index (χ3v) is 16.8. The molecule has 7 rings (SSSR count). The highest BCUT2D eigenvalue weighted by Crippen LogP contribution is 2.41. The van der Waals surface area contributed by atoms with E-state index in [4.69, 9.17) is 28.4 Å². The lowest BCUT2D eigenvalue weighted by Crippen LogP contribution is -2.60. The molecular formula is C56H88N6O12. The average molecular weight is 1040 g/mol. The molecule has 3 fully saturated rings. The summed E-state index contributed by atoms with van der Waals surface area (Å²) in [5.41, 5.74) is 0.627. The van der Waals surface area contributed by atoms with Crippen LogP contribution in [0.3, 0.4) is 0 Å². The number of aliphatic hydroxyl groups is 5. The smallest absolute Gasteiger partial charge is 0.311 e. The number of aromatic nitrogens is 3. The van der Waals surface area contributed by atoms with E-state index in [9.17, 15) is 30.3 Å². The molecule has 5 N–H and O–H groups in total. The number of fused-ring (bicyclic) bond motifs is 1. The van der Waals surface area contributed by atoms with Crippen LogP contribution >= 0.6 is 0 Å². The Kier molecular flexibility index (Phi) is 18.8. The fraction of sp³-hybridized carbons (Fsp3) is 0.732. The van der Waals surface area contributed by atoms with E-state index in [-0.39, 0.29) is 37.3 Å². The summed E-state index contributed by atoms with van der Waals surface area (Å²) >= 11 is 0. The van der Waals surface area contributed by atoms with Crippen molar-refractivity contribution in [2.75, 3.05) is 45.7 Å². The van der Waals surface area contributed by atoms with Crippen LogP contribution in [0.25, 0.3) is 11.3 Å². The molecule has 0 bridgehead atoms. The van der Waals surface area contributed by atoms with Crippen molar-refractivity contribution in [2.24, 2.45) is 17.8 Å². The van der Waals surface area contributed by atoms with Gasteiger partial charge in [0.15, 0.2) is 12.6 Å². The molecule has 5 heterocycles. The molecule has 4 aliphatic rings. The summed E-state index contributed by atoms with van der Waals surface area (Å²) < 4.78 is 40.3. The van der Waals surface area contributed by atoms with Gasteiger partial charge in [0.05, 0.1) is 54.3 Å². The van der Waals surface area contributed by atoms with E-state index in [2.05, 4.69) is 44.4 Å². The van der Waals surface area contributed by atoms with Crippen LogP contribution in [0, 0.1) is 17.8 Å². The number of methoxy groups -OCH3 is 1. The highest BCUT2D eigenvalue weighted by molar-refractivity contribution is 5.73. The Hall–Kier alpha value is -3.63. The first kappa shape index (κ1) is 58.1. The molecule has 2 aromatic carbocycles. The van der Waals surface area contributed by atoms with Gasteiger partial charge in [-0.1, -0.05) is 68.4 Å². The summed E-state index contributed by atoms with van der Waals surface area (Å²) in [6.07, 6.45) is -5.90. The molecule has 0 saturated carbocycles. The summed E-state index contributed by atoms with van der Waals surface area (Å²) in [5.74, 6) is -2.83. The van der Waals surface area contributed by atoms with Crippen LogP contribution in [0.2, 0.25) is 0 Å². The molecular weight excluding hydrogens is 949 g/mol. The number of carbonyl (C=O) groups excluding carboxylic acids is 1. The lowest BCUT2D eigenvalue weighted by atomic mass is 9.77. The van der Waals surface area contributed by atoms with E-state index in [1.165, 1.54) is 25.3 Å². The van der Waals surface area contributed by atoms with Crippen LogP contribution < -0.4 is 4.90 Å². The zero-order chi connectivity index (χ0) is 54.0. The van der Waals surface area contributed by atoms with Gasteiger partial charge in [0.25, 0.3) is 0 Å². The number of hydrogen-bond donors (Lipinski definition) is 5. The molecule has 18 heteroatoms. The Morgan fingerprint density at radius 1 is 0.892 bits per heavy atom. The first-order valence-corrected chi connectivity index (χ1v) is 27.0. The average Bonchev–Trinajstić information content (AvgIpc) is 4.01. The van der Waals surface area contributed by atoms with E-state index in [0.717, 1.165) is 36.3 Å². The van der Waals surface area contributed by atoms with Crippen LogP contribution in [0.15, 0.2) is 54.7 Å². The van der Waals surface area contributed by atoms with Gasteiger partial charge in [-0.3, -0.25) is 14.4 Å². The second-order valence-electron chi connectivity index (χ2n) is 23.1. The van der Waals surface area contributed by atoms with E-state index < -0.39 is 96.0 Å². The van der Waals surface area contributed by atoms with Crippen molar-refractivity contribution in [3.8, 4) is 11.3 Å². The first-order chi connectivity index (χ1) is 34.9. The topological polar surface area (TPSA) is 214 Å². The minimum Gasteiger partial charge on any atom is -0.459 e. The van der Waals surface area contributed by atoms with Crippen LogP contribution in [-0.2, 0) is 52.7 Å². The van der Waals surface area contributed by atoms with Gasteiger partial charge in [-0.15, -0.1) is 5.10 Å². The maximum atomic E-state index is 14.7. The number of hydrogen-bond acceptors (Lipinski definition) is 17. The number of aliphatic hydroxyl groups excluding tert-OH is 3. The minimum atomic E-state index is -1.91. The molecule has 414 valence electrons. The van der Waals surface area contributed by atoms with Crippen molar-refractivity contribution in [1.29, 1.82) is 0 Å². The predicted molar refractivity (Wildman–Crippen MR) is 280 cm³/mol. The summed E-state index contributed by atoms with van der Waals surface area (Å²) in [4.78, 5) is 21.1. The number of benzene rings is 2. The van der Waals surface area contributed by atoms with Crippen LogP contribution in [-0.4, -0.2) is 187 Å². The summed E-state index contributed by atoms with van der Waals surface area (Å²) in [7, 11) is 5.30. The molecule has 0 spiro atoms. The van der Waals surface area contributed by atoms with Crippen molar-refractivity contribution in [3.63, 3.8) is 0 Å². The largest absolute Gasteiger partial charge is 0.459 e. The molecule has 3 saturated heterocycles. The quantitative estimate of drug-likeness (QED) is 0.146. The number of rotatable bonds is 13. The third kappa shape index (κ3) is 12.9. The Balaban J connectivity index is 1.18. The number of para-hydroxylation sites is 1. The van der Waals surface area contributed by atoms with Gasteiger partial charge in [0.2, 0.25) is 0 Å². The highest BCUT2D eigenvalue weighted by Gasteiger charge is 2.53. The van der Waals surface area contributed by atoms with Crippen molar-refractivity contribution >= 4 is 11.7 Å². The van der Waals surface area contributed by atoms with Gasteiger partial charge in [-0.2, -0.15) is 0 Å². The number of likely N-dealkylation sites (N-methyl/N-ethyl adjacent to an activating group) is 1. The number of esters is 1. The fourth-order valence-corrected chi connectivity index (χ4v) is 12.2. The van der Waals surface area contributed by atoms with Gasteiger partial charge in [-0.05, 0) is 111 Å². The maximum absolute atomic E-state index is 14.7. The van der Waals surface area contributed by atoms with E-state index in [1.807, 2.05) is 81.8 Å². The van der Waals surface area contributed by atoms with Crippen LogP contribution in [0.4, 0.5) is 5.69 Å². The van der Waals surface area contributed by atoms with Gasteiger partial charge < -0.3 is 63.8 Å². The van der Waals surface area contributed by atoms with E-state index in [0.29, 0.717) is 26.1 Å². The molecule has 1 aromatic heterocycles. The molecule has 0 unspecified atom stereocenters. The Morgan fingerprint density at radius 3 is 2.27 bits per heavy atom. The van der Waals surface area contributed by atoms with E-state index >= 15 is 0 Å². The molecule has 4 aliphatic heterocycles. The standard InChI is InChI=1S/C56H88N6O12/c1-14-45-56(10,68)49(64)37(6)61(31-39-19-21-40(22-20-39)42-32-62(58-57-42)26-25-60-24-23-41-17-15-16-18-43(41)60)30-33(2)28-54(8,67)51(74-53-47(63)44(59(11)12)27-34(3)70-53)35(4)48(36(5)52(66)72-45)73-46-29-55(9,69-13)50(65)38(7)71-46/h15-22,32-38,44-51,53,63-65,67-68H,14,23-31H2,1-13H3/t33-,34-,35+,36-,37-,38+,44+,45-,46+,47-,48+,49-,50+,51-,53+,54-,55-,56-/m1/s1. The van der Waals surface area contributed by atoms with Crippen LogP contribution in [0.1, 0.15) is 106 Å². The normalized spacial score (nSPS) is 39.1. The van der Waals surface area contributed by atoms with Crippen LogP contribution in [0.5, 0.6) is 0 Å². The van der Waals surface area contributed by atoms with Gasteiger partial charge in [0, 0.05) is 69.0 Å². The highest BCUT2D eigenvalue weighted by atomic mass is 16.7. The number of carbonyl (C=O) groups is 1. The Labute approximate surface area is 439 Å². The van der Waals surface area contributed by atoms with Crippen molar-refractivity contribution < 1.29 is 58.7 Å².